The van der Waals surface area contributed by atoms with Gasteiger partial charge in [0, 0.05) is 24.8 Å². The number of carbonyl (C=O) groups is 1. The molecule has 1 aliphatic rings. The zero-order valence-electron chi connectivity index (χ0n) is 12.6. The lowest BCUT2D eigenvalue weighted by Gasteiger charge is -2.33. The molecular weight excluding hydrogens is 280 g/mol. The van der Waals surface area contributed by atoms with Gasteiger partial charge in [0.25, 0.3) is 0 Å². The first-order valence-electron chi connectivity index (χ1n) is 7.10. The van der Waals surface area contributed by atoms with E-state index in [0.29, 0.717) is 24.9 Å². The van der Waals surface area contributed by atoms with Gasteiger partial charge in [0.2, 0.25) is 5.95 Å². The number of benzene rings is 1. The van der Waals surface area contributed by atoms with Gasteiger partial charge in [0.1, 0.15) is 5.82 Å². The minimum Gasteiger partial charge on any atom is -0.468 e. The molecule has 2 N–H and O–H groups in total. The molecule has 1 aliphatic heterocycles. The Balaban J connectivity index is 2.01. The number of nitrogens with zero attached hydrogens (tertiary/aromatic N) is 3. The van der Waals surface area contributed by atoms with Crippen molar-refractivity contribution in [1.82, 2.24) is 9.97 Å². The number of anilines is 2. The Labute approximate surface area is 128 Å². The Morgan fingerprint density at radius 1 is 1.36 bits per heavy atom. The summed E-state index contributed by atoms with van der Waals surface area (Å²) in [7, 11) is 1.41. The lowest BCUT2D eigenvalue weighted by molar-refractivity contribution is -0.142. The third-order valence-electron chi connectivity index (χ3n) is 3.83. The van der Waals surface area contributed by atoms with Gasteiger partial charge in [-0.2, -0.15) is 4.98 Å². The largest absolute Gasteiger partial charge is 0.468 e. The Bertz CT molecular complexity index is 697. The number of ether oxygens (including phenoxy) is 1. The van der Waals surface area contributed by atoms with Crippen LogP contribution in [0.3, 0.4) is 0 Å². The average Bonchev–Trinajstić information content (AvgIpc) is 2.52. The van der Waals surface area contributed by atoms with Crippen molar-refractivity contribution < 1.29 is 9.53 Å². The van der Waals surface area contributed by atoms with Crippen molar-refractivity contribution in [2.75, 3.05) is 24.3 Å². The average molecular weight is 298 g/mol. The fourth-order valence-electron chi connectivity index (χ4n) is 2.82. The van der Waals surface area contributed by atoms with Gasteiger partial charge in [-0.1, -0.05) is 24.3 Å². The molecule has 0 saturated carbocycles. The van der Waals surface area contributed by atoms with Gasteiger partial charge in [0.05, 0.1) is 13.0 Å². The first-order chi connectivity index (χ1) is 10.6. The highest BCUT2D eigenvalue weighted by molar-refractivity contribution is 5.80. The van der Waals surface area contributed by atoms with E-state index in [1.54, 1.807) is 6.07 Å². The van der Waals surface area contributed by atoms with Crippen molar-refractivity contribution in [3.05, 3.63) is 47.2 Å². The quantitative estimate of drug-likeness (QED) is 0.849. The smallest absolute Gasteiger partial charge is 0.314 e. The summed E-state index contributed by atoms with van der Waals surface area (Å²) in [5.74, 6) is 0.370. The highest BCUT2D eigenvalue weighted by Gasteiger charge is 2.32. The number of nitrogen functional groups attached to an aromatic ring is 1. The van der Waals surface area contributed by atoms with Crippen molar-refractivity contribution in [2.45, 2.75) is 19.4 Å². The van der Waals surface area contributed by atoms with E-state index in [1.807, 2.05) is 36.1 Å². The molecule has 3 rings (SSSR count). The molecule has 6 heteroatoms. The highest BCUT2D eigenvalue weighted by atomic mass is 16.5. The van der Waals surface area contributed by atoms with Crippen LogP contribution < -0.4 is 10.6 Å². The van der Waals surface area contributed by atoms with E-state index in [0.717, 1.165) is 16.8 Å². The van der Waals surface area contributed by atoms with Crippen molar-refractivity contribution in [3.8, 4) is 0 Å². The minimum absolute atomic E-state index is 0.252. The molecule has 0 spiro atoms. The third-order valence-corrected chi connectivity index (χ3v) is 3.83. The van der Waals surface area contributed by atoms with Crippen LogP contribution in [0.25, 0.3) is 0 Å². The molecule has 0 radical (unpaired) electrons. The number of hydrogen-bond acceptors (Lipinski definition) is 6. The van der Waals surface area contributed by atoms with Crippen LogP contribution in [0.15, 0.2) is 30.3 Å². The summed E-state index contributed by atoms with van der Waals surface area (Å²) in [6.45, 7) is 3.00. The van der Waals surface area contributed by atoms with Crippen LogP contribution in [0.2, 0.25) is 0 Å². The SMILES string of the molecule is COC(=O)C1CN(c2nc(C)cc(N)n2)Cc2ccccc21. The second-order valence-corrected chi connectivity index (χ2v) is 5.39. The van der Waals surface area contributed by atoms with Gasteiger partial charge >= 0.3 is 5.97 Å². The first-order valence-corrected chi connectivity index (χ1v) is 7.10. The molecule has 0 fully saturated rings. The maximum atomic E-state index is 12.1. The van der Waals surface area contributed by atoms with Crippen LogP contribution in [0.5, 0.6) is 0 Å². The predicted octanol–water partition coefficient (Wildman–Crippen LogP) is 1.64. The Hall–Kier alpha value is -2.63. The second-order valence-electron chi connectivity index (χ2n) is 5.39. The summed E-state index contributed by atoms with van der Waals surface area (Å²) in [6, 6.07) is 9.60. The maximum absolute atomic E-state index is 12.1. The van der Waals surface area contributed by atoms with Crippen LogP contribution >= 0.6 is 0 Å². The van der Waals surface area contributed by atoms with Crippen LogP contribution in [-0.4, -0.2) is 29.6 Å². The molecule has 1 atom stereocenters. The number of aromatic nitrogens is 2. The van der Waals surface area contributed by atoms with Crippen LogP contribution in [-0.2, 0) is 16.1 Å². The van der Waals surface area contributed by atoms with Crippen molar-refractivity contribution in [1.29, 1.82) is 0 Å². The molecule has 0 bridgehead atoms. The van der Waals surface area contributed by atoms with E-state index in [4.69, 9.17) is 10.5 Å². The maximum Gasteiger partial charge on any atom is 0.314 e. The lowest BCUT2D eigenvalue weighted by Crippen LogP contribution is -2.38. The van der Waals surface area contributed by atoms with Gasteiger partial charge in [-0.15, -0.1) is 0 Å². The number of fused-ring (bicyclic) bond motifs is 1. The predicted molar refractivity (Wildman–Crippen MR) is 83.4 cm³/mol. The zero-order valence-corrected chi connectivity index (χ0v) is 12.6. The molecule has 114 valence electrons. The fourth-order valence-corrected chi connectivity index (χ4v) is 2.82. The molecule has 1 aromatic carbocycles. The molecule has 0 aliphatic carbocycles. The lowest BCUT2D eigenvalue weighted by atomic mass is 9.90. The summed E-state index contributed by atoms with van der Waals surface area (Å²) in [5, 5.41) is 0. The van der Waals surface area contributed by atoms with Crippen LogP contribution in [0.4, 0.5) is 11.8 Å². The van der Waals surface area contributed by atoms with E-state index in [-0.39, 0.29) is 11.9 Å². The number of aryl methyl sites for hydroxylation is 1. The van der Waals surface area contributed by atoms with E-state index >= 15 is 0 Å². The molecule has 0 saturated heterocycles. The molecule has 0 amide bonds. The van der Waals surface area contributed by atoms with Crippen molar-refractivity contribution in [2.24, 2.45) is 0 Å². The van der Waals surface area contributed by atoms with Crippen molar-refractivity contribution in [3.63, 3.8) is 0 Å². The Morgan fingerprint density at radius 3 is 2.86 bits per heavy atom. The summed E-state index contributed by atoms with van der Waals surface area (Å²) >= 11 is 0. The number of hydrogen-bond donors (Lipinski definition) is 1. The fraction of sp³-hybridized carbons (Fsp3) is 0.312. The van der Waals surface area contributed by atoms with E-state index in [9.17, 15) is 4.79 Å². The topological polar surface area (TPSA) is 81.3 Å². The zero-order chi connectivity index (χ0) is 15.7. The van der Waals surface area contributed by atoms with E-state index < -0.39 is 0 Å². The normalized spacial score (nSPS) is 17.0. The van der Waals surface area contributed by atoms with Gasteiger partial charge in [-0.3, -0.25) is 4.79 Å². The van der Waals surface area contributed by atoms with Crippen molar-refractivity contribution >= 4 is 17.7 Å². The second kappa shape index (κ2) is 5.63. The van der Waals surface area contributed by atoms with Crippen LogP contribution in [0.1, 0.15) is 22.7 Å². The summed E-state index contributed by atoms with van der Waals surface area (Å²) in [5.41, 5.74) is 8.70. The molecule has 2 aromatic rings. The molecule has 2 heterocycles. The number of esters is 1. The molecule has 6 nitrogen and oxygen atoms in total. The van der Waals surface area contributed by atoms with Gasteiger partial charge in [-0.25, -0.2) is 4.98 Å². The third kappa shape index (κ3) is 2.59. The van der Waals surface area contributed by atoms with E-state index in [1.165, 1.54) is 7.11 Å². The Morgan fingerprint density at radius 2 is 2.14 bits per heavy atom. The number of rotatable bonds is 2. The molecular formula is C16H18N4O2. The molecule has 1 unspecified atom stereocenters. The highest BCUT2D eigenvalue weighted by Crippen LogP contribution is 2.31. The van der Waals surface area contributed by atoms with Gasteiger partial charge < -0.3 is 15.4 Å². The minimum atomic E-state index is -0.347. The summed E-state index contributed by atoms with van der Waals surface area (Å²) < 4.78 is 4.95. The monoisotopic (exact) mass is 298 g/mol. The first kappa shape index (κ1) is 14.3. The summed E-state index contributed by atoms with van der Waals surface area (Å²) in [4.78, 5) is 22.8. The number of methoxy groups -OCH3 is 1. The summed E-state index contributed by atoms with van der Waals surface area (Å²) in [6.07, 6.45) is 0. The molecule has 22 heavy (non-hydrogen) atoms. The molecule has 1 aromatic heterocycles. The van der Waals surface area contributed by atoms with Gasteiger partial charge in [0.15, 0.2) is 0 Å². The van der Waals surface area contributed by atoms with Crippen LogP contribution in [0, 0.1) is 6.92 Å². The standard InChI is InChI=1S/C16H18N4O2/c1-10-7-14(17)19-16(18-10)20-8-11-5-3-4-6-12(11)13(9-20)15(21)22-2/h3-7,13H,8-9H2,1-2H3,(H2,17,18,19). The number of nitrogens with two attached hydrogens (primary N) is 1. The number of carbonyl (C=O) groups excluding carboxylic acids is 1. The van der Waals surface area contributed by atoms with E-state index in [2.05, 4.69) is 9.97 Å². The van der Waals surface area contributed by atoms with Gasteiger partial charge in [-0.05, 0) is 18.1 Å². The Kier molecular flexibility index (Phi) is 3.66.